The second-order valence-electron chi connectivity index (χ2n) is 5.48. The van der Waals surface area contributed by atoms with Gasteiger partial charge in [-0.3, -0.25) is 4.79 Å². The summed E-state index contributed by atoms with van der Waals surface area (Å²) >= 11 is 11.9. The van der Waals surface area contributed by atoms with E-state index in [2.05, 4.69) is 12.0 Å². The van der Waals surface area contributed by atoms with Gasteiger partial charge in [0.25, 0.3) is 5.91 Å². The van der Waals surface area contributed by atoms with Crippen molar-refractivity contribution in [3.05, 3.63) is 33.8 Å². The number of hydrazone groups is 1. The zero-order chi connectivity index (χ0) is 17.4. The van der Waals surface area contributed by atoms with Crippen LogP contribution >= 0.6 is 23.2 Å². The maximum absolute atomic E-state index is 12.6. The van der Waals surface area contributed by atoms with Crippen molar-refractivity contribution >= 4 is 34.8 Å². The number of amides is 1. The van der Waals surface area contributed by atoms with Gasteiger partial charge in [-0.15, -0.1) is 0 Å². The van der Waals surface area contributed by atoms with E-state index in [4.69, 9.17) is 23.2 Å². The third-order valence-corrected chi connectivity index (χ3v) is 4.21. The number of benzene rings is 1. The standard InChI is InChI=1S/C17H25Cl2N3O/c1-5-10-21(4)20-13(3)9-11-22(6-2)17(23)14-7-8-15(18)16(19)12-14/h7-8,12H,5-6,9-11H2,1-4H3/b20-13+. The Labute approximate surface area is 149 Å². The summed E-state index contributed by atoms with van der Waals surface area (Å²) in [6, 6.07) is 4.97. The van der Waals surface area contributed by atoms with Crippen molar-refractivity contribution in [3.8, 4) is 0 Å². The average molecular weight is 358 g/mol. The van der Waals surface area contributed by atoms with Crippen LogP contribution in [0.2, 0.25) is 10.0 Å². The van der Waals surface area contributed by atoms with Crippen molar-refractivity contribution in [2.24, 2.45) is 5.10 Å². The molecule has 0 N–H and O–H groups in total. The smallest absolute Gasteiger partial charge is 0.253 e. The fraction of sp³-hybridized carbons (Fsp3) is 0.529. The fourth-order valence-electron chi connectivity index (χ4n) is 2.23. The first-order valence-corrected chi connectivity index (χ1v) is 8.64. The van der Waals surface area contributed by atoms with Crippen LogP contribution in [0, 0.1) is 0 Å². The Morgan fingerprint density at radius 2 is 1.87 bits per heavy atom. The first-order valence-electron chi connectivity index (χ1n) is 7.88. The largest absolute Gasteiger partial charge is 0.339 e. The number of carbonyl (C=O) groups excluding carboxylic acids is 1. The molecule has 0 atom stereocenters. The molecular formula is C17H25Cl2N3O. The summed E-state index contributed by atoms with van der Waals surface area (Å²) in [7, 11) is 1.96. The topological polar surface area (TPSA) is 35.9 Å². The minimum Gasteiger partial charge on any atom is -0.339 e. The van der Waals surface area contributed by atoms with Crippen LogP contribution in [-0.2, 0) is 0 Å². The highest BCUT2D eigenvalue weighted by Crippen LogP contribution is 2.23. The molecule has 0 aliphatic rings. The van der Waals surface area contributed by atoms with Crippen LogP contribution in [0.15, 0.2) is 23.3 Å². The molecule has 0 saturated heterocycles. The van der Waals surface area contributed by atoms with E-state index in [1.807, 2.05) is 25.9 Å². The van der Waals surface area contributed by atoms with E-state index in [1.165, 1.54) is 0 Å². The Morgan fingerprint density at radius 3 is 2.43 bits per heavy atom. The highest BCUT2D eigenvalue weighted by Gasteiger charge is 2.15. The molecule has 0 aliphatic carbocycles. The molecule has 0 heterocycles. The van der Waals surface area contributed by atoms with Gasteiger partial charge in [0.15, 0.2) is 0 Å². The van der Waals surface area contributed by atoms with E-state index < -0.39 is 0 Å². The number of nitrogens with zero attached hydrogens (tertiary/aromatic N) is 3. The Bertz CT molecular complexity index is 561. The number of rotatable bonds is 8. The van der Waals surface area contributed by atoms with Crippen LogP contribution in [0.5, 0.6) is 0 Å². The van der Waals surface area contributed by atoms with Gasteiger partial charge in [0.05, 0.1) is 10.0 Å². The molecule has 0 radical (unpaired) electrons. The van der Waals surface area contributed by atoms with Crippen LogP contribution in [0.1, 0.15) is 44.0 Å². The Kier molecular flexibility index (Phi) is 8.42. The van der Waals surface area contributed by atoms with Gasteiger partial charge in [0.2, 0.25) is 0 Å². The summed E-state index contributed by atoms with van der Waals surface area (Å²) < 4.78 is 0. The molecule has 4 nitrogen and oxygen atoms in total. The van der Waals surface area contributed by atoms with Crippen molar-refractivity contribution in [1.82, 2.24) is 9.91 Å². The van der Waals surface area contributed by atoms with Crippen molar-refractivity contribution < 1.29 is 4.79 Å². The molecule has 0 aromatic heterocycles. The minimum absolute atomic E-state index is 0.0409. The molecule has 1 amide bonds. The average Bonchev–Trinajstić information content (AvgIpc) is 2.50. The first kappa shape index (κ1) is 19.8. The number of hydrogen-bond acceptors (Lipinski definition) is 3. The van der Waals surface area contributed by atoms with Crippen molar-refractivity contribution in [2.75, 3.05) is 26.7 Å². The summed E-state index contributed by atoms with van der Waals surface area (Å²) in [5.74, 6) is -0.0409. The Morgan fingerprint density at radius 1 is 1.17 bits per heavy atom. The van der Waals surface area contributed by atoms with Gasteiger partial charge in [0, 0.05) is 44.4 Å². The molecule has 6 heteroatoms. The van der Waals surface area contributed by atoms with Crippen molar-refractivity contribution in [3.63, 3.8) is 0 Å². The lowest BCUT2D eigenvalue weighted by Crippen LogP contribution is -2.32. The Hall–Kier alpha value is -1.26. The number of hydrogen-bond donors (Lipinski definition) is 0. The molecule has 1 aromatic rings. The van der Waals surface area contributed by atoms with Crippen LogP contribution in [0.4, 0.5) is 0 Å². The SMILES string of the molecule is CCCN(C)/N=C(\C)CCN(CC)C(=O)c1ccc(Cl)c(Cl)c1. The molecule has 0 aliphatic heterocycles. The second kappa shape index (κ2) is 9.78. The highest BCUT2D eigenvalue weighted by molar-refractivity contribution is 6.42. The third-order valence-electron chi connectivity index (χ3n) is 3.47. The maximum atomic E-state index is 12.6. The van der Waals surface area contributed by atoms with Gasteiger partial charge in [0.1, 0.15) is 0 Å². The molecule has 0 saturated carbocycles. The van der Waals surface area contributed by atoms with Crippen LogP contribution < -0.4 is 0 Å². The van der Waals surface area contributed by atoms with E-state index in [-0.39, 0.29) is 5.91 Å². The summed E-state index contributed by atoms with van der Waals surface area (Å²) in [5, 5.41) is 7.29. The second-order valence-corrected chi connectivity index (χ2v) is 6.29. The van der Waals surface area contributed by atoms with Gasteiger partial charge in [-0.2, -0.15) is 5.10 Å². The van der Waals surface area contributed by atoms with Gasteiger partial charge >= 0.3 is 0 Å². The predicted octanol–water partition coefficient (Wildman–Crippen LogP) is 4.56. The Balaban J connectivity index is 2.69. The molecule has 23 heavy (non-hydrogen) atoms. The van der Waals surface area contributed by atoms with E-state index in [9.17, 15) is 4.79 Å². The lowest BCUT2D eigenvalue weighted by atomic mass is 10.2. The molecule has 1 rings (SSSR count). The lowest BCUT2D eigenvalue weighted by Gasteiger charge is -2.21. The van der Waals surface area contributed by atoms with Crippen LogP contribution in [0.25, 0.3) is 0 Å². The number of halogens is 2. The molecule has 0 fully saturated rings. The summed E-state index contributed by atoms with van der Waals surface area (Å²) in [6.45, 7) is 8.27. The highest BCUT2D eigenvalue weighted by atomic mass is 35.5. The van der Waals surface area contributed by atoms with Gasteiger partial charge in [-0.1, -0.05) is 30.1 Å². The quantitative estimate of drug-likeness (QED) is 0.504. The van der Waals surface area contributed by atoms with Gasteiger partial charge in [-0.25, -0.2) is 0 Å². The van der Waals surface area contributed by atoms with Crippen molar-refractivity contribution in [2.45, 2.75) is 33.6 Å². The summed E-state index contributed by atoms with van der Waals surface area (Å²) in [4.78, 5) is 14.3. The molecular weight excluding hydrogens is 333 g/mol. The zero-order valence-corrected chi connectivity index (χ0v) is 15.8. The molecule has 0 spiro atoms. The van der Waals surface area contributed by atoms with E-state index in [0.717, 1.165) is 25.1 Å². The molecule has 0 bridgehead atoms. The third kappa shape index (κ3) is 6.40. The molecule has 128 valence electrons. The maximum Gasteiger partial charge on any atom is 0.253 e. The molecule has 1 aromatic carbocycles. The van der Waals surface area contributed by atoms with Crippen molar-refractivity contribution in [1.29, 1.82) is 0 Å². The number of carbonyl (C=O) groups is 1. The van der Waals surface area contributed by atoms with E-state index in [1.54, 1.807) is 23.1 Å². The predicted molar refractivity (Wildman–Crippen MR) is 98.7 cm³/mol. The monoisotopic (exact) mass is 357 g/mol. The summed E-state index contributed by atoms with van der Waals surface area (Å²) in [5.41, 5.74) is 1.57. The molecule has 0 unspecified atom stereocenters. The van der Waals surface area contributed by atoms with Gasteiger partial charge in [-0.05, 0) is 38.5 Å². The minimum atomic E-state index is -0.0409. The van der Waals surface area contributed by atoms with Crippen LogP contribution in [0.3, 0.4) is 0 Å². The van der Waals surface area contributed by atoms with Gasteiger partial charge < -0.3 is 9.91 Å². The lowest BCUT2D eigenvalue weighted by molar-refractivity contribution is 0.0768. The fourth-order valence-corrected chi connectivity index (χ4v) is 2.52. The zero-order valence-electron chi connectivity index (χ0n) is 14.3. The summed E-state index contributed by atoms with van der Waals surface area (Å²) in [6.07, 6.45) is 1.80. The van der Waals surface area contributed by atoms with E-state index in [0.29, 0.717) is 28.7 Å². The normalized spacial score (nSPS) is 11.5. The first-order chi connectivity index (χ1) is 10.9. The van der Waals surface area contributed by atoms with Crippen LogP contribution in [-0.4, -0.2) is 48.2 Å². The van der Waals surface area contributed by atoms with E-state index >= 15 is 0 Å².